The lowest BCUT2D eigenvalue weighted by atomic mass is 9.70. The molecule has 2 bridgehead atoms. The van der Waals surface area contributed by atoms with E-state index in [-0.39, 0.29) is 24.2 Å². The highest BCUT2D eigenvalue weighted by Crippen LogP contribution is 2.42. The molecule has 5 rings (SSSR count). The molecule has 9 heteroatoms. The van der Waals surface area contributed by atoms with Crippen molar-refractivity contribution in [1.29, 1.82) is 0 Å². The van der Waals surface area contributed by atoms with Gasteiger partial charge in [0.25, 0.3) is 0 Å². The van der Waals surface area contributed by atoms with E-state index in [1.54, 1.807) is 24.1 Å². The SMILES string of the molecule is CO[C@]1(C(=O)O)CC(=O)N(C)CCC/C=C/[C@H](O)[C@@H]2CC[C@H]2CN2CCCCc3cc(Cl)ccc3COc3ccc1cc32. The molecule has 1 amide bonds. The van der Waals surface area contributed by atoms with Crippen molar-refractivity contribution in [2.45, 2.75) is 69.7 Å². The number of hydrogen-bond acceptors (Lipinski definition) is 6. The summed E-state index contributed by atoms with van der Waals surface area (Å²) in [6.07, 6.45) is 9.22. The predicted octanol–water partition coefficient (Wildman–Crippen LogP) is 5.57. The Labute approximate surface area is 259 Å². The average Bonchev–Trinajstić information content (AvgIpc) is 3.00. The maximum Gasteiger partial charge on any atom is 0.341 e. The van der Waals surface area contributed by atoms with Crippen LogP contribution in [-0.4, -0.2) is 66.9 Å². The van der Waals surface area contributed by atoms with Crippen molar-refractivity contribution in [2.75, 3.05) is 38.7 Å². The Morgan fingerprint density at radius 3 is 2.67 bits per heavy atom. The van der Waals surface area contributed by atoms with Crippen molar-refractivity contribution in [3.63, 3.8) is 0 Å². The smallest absolute Gasteiger partial charge is 0.341 e. The summed E-state index contributed by atoms with van der Waals surface area (Å²) in [6, 6.07) is 11.2. The van der Waals surface area contributed by atoms with Crippen LogP contribution in [0.3, 0.4) is 0 Å². The number of halogens is 1. The van der Waals surface area contributed by atoms with Crippen LogP contribution in [0.4, 0.5) is 5.69 Å². The summed E-state index contributed by atoms with van der Waals surface area (Å²) >= 11 is 6.33. The van der Waals surface area contributed by atoms with E-state index in [0.717, 1.165) is 56.3 Å². The van der Waals surface area contributed by atoms with E-state index in [2.05, 4.69) is 4.90 Å². The lowest BCUT2D eigenvalue weighted by molar-refractivity contribution is -0.169. The molecule has 1 saturated carbocycles. The Morgan fingerprint density at radius 2 is 1.93 bits per heavy atom. The topological polar surface area (TPSA) is 99.5 Å². The second-order valence-electron chi connectivity index (χ2n) is 12.2. The number of aliphatic hydroxyl groups is 1. The maximum absolute atomic E-state index is 13.3. The molecule has 2 heterocycles. The molecule has 1 aliphatic carbocycles. The van der Waals surface area contributed by atoms with Gasteiger partial charge in [-0.3, -0.25) is 4.79 Å². The molecular formula is C34H43ClN2O6. The van der Waals surface area contributed by atoms with Gasteiger partial charge in [0, 0.05) is 38.8 Å². The fourth-order valence-electron chi connectivity index (χ4n) is 6.62. The minimum atomic E-state index is -1.86. The Kier molecular flexibility index (Phi) is 9.99. The molecule has 2 aromatic rings. The highest BCUT2D eigenvalue weighted by molar-refractivity contribution is 6.30. The molecule has 8 nitrogen and oxygen atoms in total. The number of aryl methyl sites for hydroxylation is 1. The number of nitrogens with zero attached hydrogens (tertiary/aromatic N) is 2. The maximum atomic E-state index is 13.3. The van der Waals surface area contributed by atoms with Gasteiger partial charge >= 0.3 is 5.97 Å². The number of aliphatic hydroxyl groups excluding tert-OH is 1. The van der Waals surface area contributed by atoms with Crippen LogP contribution in [-0.2, 0) is 33.0 Å². The number of hydrogen-bond donors (Lipinski definition) is 2. The van der Waals surface area contributed by atoms with Crippen LogP contribution in [0.15, 0.2) is 48.6 Å². The molecule has 2 aromatic carbocycles. The van der Waals surface area contributed by atoms with Gasteiger partial charge in [0.1, 0.15) is 12.4 Å². The number of amides is 1. The summed E-state index contributed by atoms with van der Waals surface area (Å²) < 4.78 is 12.2. The van der Waals surface area contributed by atoms with E-state index in [9.17, 15) is 19.8 Å². The molecule has 0 unspecified atom stereocenters. The van der Waals surface area contributed by atoms with Crippen LogP contribution in [0.25, 0.3) is 0 Å². The molecule has 2 aliphatic heterocycles. The van der Waals surface area contributed by atoms with Crippen LogP contribution in [0.2, 0.25) is 5.02 Å². The van der Waals surface area contributed by atoms with E-state index in [1.807, 2.05) is 36.4 Å². The van der Waals surface area contributed by atoms with Gasteiger partial charge in [-0.1, -0.05) is 35.9 Å². The van der Waals surface area contributed by atoms with Gasteiger partial charge in [0.05, 0.1) is 18.2 Å². The molecule has 0 radical (unpaired) electrons. The Morgan fingerprint density at radius 1 is 1.09 bits per heavy atom. The number of allylic oxidation sites excluding steroid dienone is 1. The third-order valence-electron chi connectivity index (χ3n) is 9.53. The number of fused-ring (bicyclic) bond motifs is 3. The van der Waals surface area contributed by atoms with Crippen molar-refractivity contribution < 1.29 is 29.3 Å². The van der Waals surface area contributed by atoms with E-state index in [1.165, 1.54) is 12.7 Å². The molecule has 0 aromatic heterocycles. The fourth-order valence-corrected chi connectivity index (χ4v) is 6.81. The van der Waals surface area contributed by atoms with Crippen molar-refractivity contribution in [1.82, 2.24) is 4.90 Å². The first-order valence-electron chi connectivity index (χ1n) is 15.4. The van der Waals surface area contributed by atoms with Crippen molar-refractivity contribution in [3.05, 3.63) is 70.3 Å². The standard InChI is InChI=1S/C34H43ClN2O6/c1-36-16-6-3-4-9-30(38)28-14-11-24(28)21-37-17-7-5-8-23-18-27(35)13-10-25(23)22-43-31-15-12-26(19-29(31)37)34(42-2,33(40)41)20-32(36)39/h4,9-10,12-13,15,18-19,24,28,30,38H,3,5-8,11,14,16-17,20-22H2,1-2H3,(H,40,41)/b9-4+/t24-,28+,30-,34+/m0/s1. The quantitative estimate of drug-likeness (QED) is 0.429. The zero-order valence-electron chi connectivity index (χ0n) is 25.1. The second-order valence-corrected chi connectivity index (χ2v) is 12.6. The van der Waals surface area contributed by atoms with Crippen LogP contribution in [0.1, 0.15) is 61.6 Å². The summed E-state index contributed by atoms with van der Waals surface area (Å²) in [6.45, 7) is 2.27. The first-order valence-corrected chi connectivity index (χ1v) is 15.8. The number of methoxy groups -OCH3 is 1. The van der Waals surface area contributed by atoms with E-state index < -0.39 is 17.7 Å². The molecule has 0 saturated heterocycles. The number of carbonyl (C=O) groups excluding carboxylic acids is 1. The number of anilines is 1. The minimum Gasteiger partial charge on any atom is -0.487 e. The summed E-state index contributed by atoms with van der Waals surface area (Å²) in [7, 11) is 3.04. The average molecular weight is 611 g/mol. The van der Waals surface area contributed by atoms with Gasteiger partial charge in [-0.25, -0.2) is 4.79 Å². The molecule has 4 atom stereocenters. The van der Waals surface area contributed by atoms with Gasteiger partial charge in [-0.2, -0.15) is 0 Å². The van der Waals surface area contributed by atoms with Gasteiger partial charge in [0.2, 0.25) is 5.91 Å². The third-order valence-corrected chi connectivity index (χ3v) is 9.76. The predicted molar refractivity (Wildman–Crippen MR) is 167 cm³/mol. The molecule has 43 heavy (non-hydrogen) atoms. The third kappa shape index (κ3) is 6.87. The molecule has 0 spiro atoms. The van der Waals surface area contributed by atoms with Crippen LogP contribution in [0.5, 0.6) is 5.75 Å². The number of benzene rings is 2. The van der Waals surface area contributed by atoms with Gasteiger partial charge in [-0.05, 0) is 97.7 Å². The molecule has 3 aliphatic rings. The van der Waals surface area contributed by atoms with Gasteiger partial charge in [-0.15, -0.1) is 0 Å². The largest absolute Gasteiger partial charge is 0.487 e. The van der Waals surface area contributed by atoms with Crippen LogP contribution < -0.4 is 9.64 Å². The van der Waals surface area contributed by atoms with E-state index in [4.69, 9.17) is 21.1 Å². The molecule has 232 valence electrons. The van der Waals surface area contributed by atoms with Gasteiger partial charge in [0.15, 0.2) is 5.60 Å². The summed E-state index contributed by atoms with van der Waals surface area (Å²) in [5.74, 6) is -0.442. The molecule has 2 N–H and O–H groups in total. The zero-order chi connectivity index (χ0) is 30.6. The van der Waals surface area contributed by atoms with Crippen LogP contribution >= 0.6 is 11.6 Å². The van der Waals surface area contributed by atoms with Gasteiger partial charge < -0.3 is 29.5 Å². The van der Waals surface area contributed by atoms with Crippen molar-refractivity contribution >= 4 is 29.2 Å². The highest BCUT2D eigenvalue weighted by atomic mass is 35.5. The number of carbonyl (C=O) groups is 2. The van der Waals surface area contributed by atoms with Crippen molar-refractivity contribution in [3.8, 4) is 5.75 Å². The summed E-state index contributed by atoms with van der Waals surface area (Å²) in [4.78, 5) is 30.1. The lowest BCUT2D eigenvalue weighted by Crippen LogP contribution is -2.44. The number of aliphatic carboxylic acids is 1. The molecule has 1 fully saturated rings. The number of ether oxygens (including phenoxy) is 2. The summed E-state index contributed by atoms with van der Waals surface area (Å²) in [5, 5.41) is 22.3. The normalized spacial score (nSPS) is 27.8. The highest BCUT2D eigenvalue weighted by Gasteiger charge is 2.44. The van der Waals surface area contributed by atoms with Crippen molar-refractivity contribution in [2.24, 2.45) is 11.8 Å². The monoisotopic (exact) mass is 610 g/mol. The molecular weight excluding hydrogens is 568 g/mol. The number of rotatable bonds is 2. The Balaban J connectivity index is 1.59. The zero-order valence-corrected chi connectivity index (χ0v) is 25.9. The van der Waals surface area contributed by atoms with E-state index >= 15 is 0 Å². The van der Waals surface area contributed by atoms with E-state index in [0.29, 0.717) is 42.5 Å². The Bertz CT molecular complexity index is 1350. The number of carboxylic acids is 1. The second kappa shape index (κ2) is 13.7. The first kappa shape index (κ1) is 31.4. The minimum absolute atomic E-state index is 0.158. The Hall–Kier alpha value is -3.07. The summed E-state index contributed by atoms with van der Waals surface area (Å²) in [5.41, 5.74) is 1.55. The fraction of sp³-hybridized carbons (Fsp3) is 0.529. The lowest BCUT2D eigenvalue weighted by Gasteiger charge is -2.43. The first-order chi connectivity index (χ1) is 20.7. The van der Waals surface area contributed by atoms with Crippen LogP contribution in [0, 0.1) is 11.8 Å². The number of carboxylic acid groups (broad SMARTS) is 1.